The Bertz CT molecular complexity index is 838. The summed E-state index contributed by atoms with van der Waals surface area (Å²) in [4.78, 5) is 11.2. The fourth-order valence-electron chi connectivity index (χ4n) is 3.02. The first-order valence-electron chi connectivity index (χ1n) is 8.61. The predicted molar refractivity (Wildman–Crippen MR) is 97.1 cm³/mol. The lowest BCUT2D eigenvalue weighted by Gasteiger charge is -2.26. The van der Waals surface area contributed by atoms with Crippen molar-refractivity contribution < 1.29 is 4.74 Å². The molecule has 7 heteroatoms. The molecule has 0 atom stereocenters. The number of ether oxygens (including phenoxy) is 1. The molecule has 0 radical (unpaired) electrons. The number of fused-ring (bicyclic) bond motifs is 1. The minimum Gasteiger partial charge on any atom is -0.379 e. The number of benzene rings is 1. The lowest BCUT2D eigenvalue weighted by Crippen LogP contribution is -2.39. The summed E-state index contributed by atoms with van der Waals surface area (Å²) in [6.07, 6.45) is 3.41. The third-order valence-corrected chi connectivity index (χ3v) is 4.47. The summed E-state index contributed by atoms with van der Waals surface area (Å²) < 4.78 is 7.23. The average molecular weight is 338 g/mol. The zero-order valence-corrected chi connectivity index (χ0v) is 14.4. The van der Waals surface area contributed by atoms with Gasteiger partial charge in [-0.15, -0.1) is 0 Å². The van der Waals surface area contributed by atoms with Crippen molar-refractivity contribution in [2.75, 3.05) is 44.7 Å². The number of hydrogen-bond donors (Lipinski definition) is 1. The van der Waals surface area contributed by atoms with Gasteiger partial charge in [0, 0.05) is 26.2 Å². The molecule has 3 heterocycles. The monoisotopic (exact) mass is 338 g/mol. The minimum atomic E-state index is 0.813. The summed E-state index contributed by atoms with van der Waals surface area (Å²) >= 11 is 0. The Morgan fingerprint density at radius 1 is 1.12 bits per heavy atom. The third kappa shape index (κ3) is 3.47. The smallest absolute Gasteiger partial charge is 0.168 e. The highest BCUT2D eigenvalue weighted by Gasteiger charge is 2.12. The molecule has 7 nitrogen and oxygen atoms in total. The van der Waals surface area contributed by atoms with Crippen LogP contribution < -0.4 is 5.32 Å². The Hall–Kier alpha value is -2.51. The van der Waals surface area contributed by atoms with Crippen molar-refractivity contribution in [2.45, 2.75) is 6.92 Å². The molecule has 0 amide bonds. The molecule has 1 aliphatic rings. The summed E-state index contributed by atoms with van der Waals surface area (Å²) in [7, 11) is 0. The summed E-state index contributed by atoms with van der Waals surface area (Å²) in [5.74, 6) is 0.830. The molecule has 2 aromatic heterocycles. The number of rotatable bonds is 5. The van der Waals surface area contributed by atoms with Crippen LogP contribution in [0.15, 0.2) is 36.8 Å². The fraction of sp³-hybridized carbons (Fsp3) is 0.389. The van der Waals surface area contributed by atoms with Gasteiger partial charge in [0.2, 0.25) is 0 Å². The predicted octanol–water partition coefficient (Wildman–Crippen LogP) is 1.87. The molecular weight excluding hydrogens is 316 g/mol. The Balaban J connectivity index is 1.51. The molecule has 3 aromatic rings. The number of hydrogen-bond acceptors (Lipinski definition) is 6. The Kier molecular flexibility index (Phi) is 4.58. The van der Waals surface area contributed by atoms with E-state index in [0.717, 1.165) is 61.9 Å². The maximum Gasteiger partial charge on any atom is 0.168 e. The molecule has 4 rings (SSSR count). The van der Waals surface area contributed by atoms with Crippen molar-refractivity contribution in [3.8, 4) is 5.69 Å². The Morgan fingerprint density at radius 2 is 1.92 bits per heavy atom. The maximum absolute atomic E-state index is 5.38. The molecule has 0 saturated carbocycles. The Labute approximate surface area is 146 Å². The zero-order valence-electron chi connectivity index (χ0n) is 14.4. The van der Waals surface area contributed by atoms with Crippen LogP contribution in [0.3, 0.4) is 0 Å². The second-order valence-corrected chi connectivity index (χ2v) is 6.23. The molecule has 0 aliphatic carbocycles. The second-order valence-electron chi connectivity index (χ2n) is 6.23. The lowest BCUT2D eigenvalue weighted by atomic mass is 10.2. The van der Waals surface area contributed by atoms with Crippen molar-refractivity contribution >= 4 is 16.9 Å². The number of nitrogens with zero attached hydrogens (tertiary/aromatic N) is 5. The number of morpholine rings is 1. The first-order valence-corrected chi connectivity index (χ1v) is 8.61. The van der Waals surface area contributed by atoms with Gasteiger partial charge in [-0.3, -0.25) is 4.90 Å². The zero-order chi connectivity index (χ0) is 17.1. The van der Waals surface area contributed by atoms with Gasteiger partial charge in [-0.2, -0.15) is 5.10 Å². The van der Waals surface area contributed by atoms with Gasteiger partial charge in [0.1, 0.15) is 12.1 Å². The molecule has 0 spiro atoms. The van der Waals surface area contributed by atoms with Gasteiger partial charge in [-0.05, 0) is 19.1 Å². The molecular formula is C18H22N6O. The van der Waals surface area contributed by atoms with Gasteiger partial charge < -0.3 is 10.1 Å². The van der Waals surface area contributed by atoms with Crippen LogP contribution in [-0.2, 0) is 4.74 Å². The molecule has 1 aliphatic heterocycles. The second kappa shape index (κ2) is 7.16. The summed E-state index contributed by atoms with van der Waals surface area (Å²) in [6.45, 7) is 7.51. The van der Waals surface area contributed by atoms with Crippen LogP contribution in [0, 0.1) is 6.92 Å². The van der Waals surface area contributed by atoms with Gasteiger partial charge in [-0.1, -0.05) is 17.7 Å². The van der Waals surface area contributed by atoms with E-state index in [9.17, 15) is 0 Å². The van der Waals surface area contributed by atoms with Gasteiger partial charge in [0.05, 0.1) is 30.5 Å². The van der Waals surface area contributed by atoms with Crippen molar-refractivity contribution in [2.24, 2.45) is 0 Å². The van der Waals surface area contributed by atoms with E-state index < -0.39 is 0 Å². The maximum atomic E-state index is 5.38. The van der Waals surface area contributed by atoms with E-state index in [1.807, 2.05) is 10.9 Å². The van der Waals surface area contributed by atoms with E-state index in [0.29, 0.717) is 0 Å². The molecule has 0 unspecified atom stereocenters. The number of nitrogens with one attached hydrogen (secondary N) is 1. The van der Waals surface area contributed by atoms with Gasteiger partial charge in [0.25, 0.3) is 0 Å². The number of aryl methyl sites for hydroxylation is 1. The quantitative estimate of drug-likeness (QED) is 0.766. The van der Waals surface area contributed by atoms with Crippen LogP contribution >= 0.6 is 0 Å². The molecule has 130 valence electrons. The first kappa shape index (κ1) is 16.0. The summed E-state index contributed by atoms with van der Waals surface area (Å²) in [5, 5.41) is 8.86. The van der Waals surface area contributed by atoms with E-state index in [1.165, 1.54) is 5.56 Å². The van der Waals surface area contributed by atoms with Crippen LogP contribution in [-0.4, -0.2) is 64.0 Å². The molecule has 1 N–H and O–H groups in total. The van der Waals surface area contributed by atoms with E-state index in [1.54, 1.807) is 6.33 Å². The van der Waals surface area contributed by atoms with Crippen molar-refractivity contribution in [1.29, 1.82) is 0 Å². The topological polar surface area (TPSA) is 68.1 Å². The highest BCUT2D eigenvalue weighted by atomic mass is 16.5. The molecule has 0 bridgehead atoms. The third-order valence-electron chi connectivity index (χ3n) is 4.47. The van der Waals surface area contributed by atoms with E-state index in [2.05, 4.69) is 56.5 Å². The lowest BCUT2D eigenvalue weighted by molar-refractivity contribution is 0.0398. The number of anilines is 1. The van der Waals surface area contributed by atoms with Crippen LogP contribution in [0.5, 0.6) is 0 Å². The van der Waals surface area contributed by atoms with Crippen LogP contribution in [0.1, 0.15) is 5.56 Å². The molecule has 1 fully saturated rings. The van der Waals surface area contributed by atoms with E-state index in [4.69, 9.17) is 4.74 Å². The van der Waals surface area contributed by atoms with E-state index in [-0.39, 0.29) is 0 Å². The van der Waals surface area contributed by atoms with Crippen LogP contribution in [0.25, 0.3) is 16.7 Å². The minimum absolute atomic E-state index is 0.813. The van der Waals surface area contributed by atoms with E-state index >= 15 is 0 Å². The molecule has 1 aromatic carbocycles. The SMILES string of the molecule is Cc1ccc(-n2ncc3c(NCCN4CCOCC4)ncnc32)cc1. The Morgan fingerprint density at radius 3 is 2.72 bits per heavy atom. The molecule has 1 saturated heterocycles. The molecule has 25 heavy (non-hydrogen) atoms. The largest absolute Gasteiger partial charge is 0.379 e. The summed E-state index contributed by atoms with van der Waals surface area (Å²) in [6, 6.07) is 8.25. The van der Waals surface area contributed by atoms with Crippen molar-refractivity contribution in [3.63, 3.8) is 0 Å². The normalized spacial score (nSPS) is 15.6. The van der Waals surface area contributed by atoms with Gasteiger partial charge >= 0.3 is 0 Å². The van der Waals surface area contributed by atoms with Crippen molar-refractivity contribution in [1.82, 2.24) is 24.6 Å². The highest BCUT2D eigenvalue weighted by Crippen LogP contribution is 2.21. The standard InChI is InChI=1S/C18H22N6O/c1-14-2-4-15(5-3-14)24-18-16(12-22-24)17(20-13-21-18)19-6-7-23-8-10-25-11-9-23/h2-5,12-13H,6-11H2,1H3,(H,19,20,21). The summed E-state index contributed by atoms with van der Waals surface area (Å²) in [5.41, 5.74) is 3.03. The fourth-order valence-corrected chi connectivity index (χ4v) is 3.02. The number of aromatic nitrogens is 4. The van der Waals surface area contributed by atoms with Crippen molar-refractivity contribution in [3.05, 3.63) is 42.4 Å². The van der Waals surface area contributed by atoms with Gasteiger partial charge in [0.15, 0.2) is 5.65 Å². The highest BCUT2D eigenvalue weighted by molar-refractivity contribution is 5.87. The van der Waals surface area contributed by atoms with Crippen LogP contribution in [0.4, 0.5) is 5.82 Å². The van der Waals surface area contributed by atoms with Gasteiger partial charge in [-0.25, -0.2) is 14.6 Å². The average Bonchev–Trinajstić information content (AvgIpc) is 3.08. The van der Waals surface area contributed by atoms with Crippen LogP contribution in [0.2, 0.25) is 0 Å². The first-order chi connectivity index (χ1) is 12.3.